The first kappa shape index (κ1) is 17.5. The molecule has 0 saturated heterocycles. The van der Waals surface area contributed by atoms with Crippen LogP contribution in [0.15, 0.2) is 174 Å². The third-order valence-corrected chi connectivity index (χ3v) is 9.02. The fraction of sp³-hybridized carbons (Fsp3) is 0. The smallest absolute Gasteiger partial charge is 0.143 e. The van der Waals surface area contributed by atoms with Crippen molar-refractivity contribution in [2.45, 2.75) is 0 Å². The highest BCUT2D eigenvalue weighted by Gasteiger charge is 2.19. The van der Waals surface area contributed by atoms with Crippen molar-refractivity contribution < 1.29 is 19.5 Å². The minimum absolute atomic E-state index is 0.00194. The summed E-state index contributed by atoms with van der Waals surface area (Å²) in [5.41, 5.74) is 3.00. The number of fused-ring (bicyclic) bond motifs is 8. The van der Waals surface area contributed by atoms with Crippen LogP contribution in [0, 0.1) is 0 Å². The van der Waals surface area contributed by atoms with E-state index >= 15 is 0 Å². The fourth-order valence-corrected chi connectivity index (χ4v) is 6.99. The Labute approximate surface area is 287 Å². The maximum Gasteiger partial charge on any atom is 0.143 e. The molecule has 1 heterocycles. The molecule has 1 nitrogen and oxygen atoms in total. The van der Waals surface area contributed by atoms with E-state index in [9.17, 15) is 2.74 Å². The van der Waals surface area contributed by atoms with E-state index < -0.39 is 60.4 Å². The Hall–Kier alpha value is -6.18. The lowest BCUT2D eigenvalue weighted by Crippen LogP contribution is -1.92. The molecule has 9 aromatic carbocycles. The molecular weight excluding hydrogens is 569 g/mol. The topological polar surface area (TPSA) is 13.1 Å². The molecule has 0 aliphatic heterocycles. The molecule has 0 radical (unpaired) electrons. The Kier molecular flexibility index (Phi) is 3.79. The van der Waals surface area contributed by atoms with Crippen LogP contribution < -0.4 is 0 Å². The maximum atomic E-state index is 9.87. The first-order valence-electron chi connectivity index (χ1n) is 20.8. The van der Waals surface area contributed by atoms with Crippen molar-refractivity contribution in [2.75, 3.05) is 0 Å². The van der Waals surface area contributed by atoms with E-state index in [1.165, 1.54) is 0 Å². The van der Waals surface area contributed by atoms with Crippen LogP contribution in [0.4, 0.5) is 0 Å². The van der Waals surface area contributed by atoms with Crippen LogP contribution in [-0.4, -0.2) is 0 Å². The van der Waals surface area contributed by atoms with E-state index in [2.05, 4.69) is 30.3 Å². The molecule has 218 valence electrons. The first-order chi connectivity index (χ1) is 27.9. The fourth-order valence-electron chi connectivity index (χ4n) is 6.99. The molecule has 0 saturated carbocycles. The van der Waals surface area contributed by atoms with Gasteiger partial charge in [0.25, 0.3) is 0 Å². The number of furan rings is 1. The molecule has 10 rings (SSSR count). The molecule has 0 atom stereocenters. The van der Waals surface area contributed by atoms with Gasteiger partial charge in [0.05, 0.1) is 15.1 Å². The van der Waals surface area contributed by atoms with E-state index in [0.717, 1.165) is 49.0 Å². The molecule has 1 heteroatoms. The average molecular weight is 608 g/mol. The first-order valence-corrected chi connectivity index (χ1v) is 15.3. The second-order valence-electron chi connectivity index (χ2n) is 11.6. The Morgan fingerprint density at radius 1 is 0.404 bits per heavy atom. The Morgan fingerprint density at radius 3 is 1.77 bits per heavy atom. The summed E-state index contributed by atoms with van der Waals surface area (Å²) in [6.07, 6.45) is 0. The van der Waals surface area contributed by atoms with Crippen LogP contribution in [0.3, 0.4) is 0 Å². The molecular formula is C46H28O. The second-order valence-corrected chi connectivity index (χ2v) is 11.6. The molecule has 10 aromatic rings. The van der Waals surface area contributed by atoms with E-state index in [1.54, 1.807) is 0 Å². The van der Waals surface area contributed by atoms with E-state index in [0.29, 0.717) is 21.9 Å². The summed E-state index contributed by atoms with van der Waals surface area (Å²) < 4.78 is 104. The molecule has 47 heavy (non-hydrogen) atoms. The largest absolute Gasteiger partial charge is 0.455 e. The summed E-state index contributed by atoms with van der Waals surface area (Å²) in [4.78, 5) is 0. The minimum Gasteiger partial charge on any atom is -0.455 e. The van der Waals surface area contributed by atoms with Crippen molar-refractivity contribution in [3.63, 3.8) is 0 Å². The van der Waals surface area contributed by atoms with Gasteiger partial charge in [-0.1, -0.05) is 139 Å². The van der Waals surface area contributed by atoms with Gasteiger partial charge in [-0.15, -0.1) is 0 Å². The third kappa shape index (κ3) is 3.97. The quantitative estimate of drug-likeness (QED) is 0.182. The van der Waals surface area contributed by atoms with Gasteiger partial charge < -0.3 is 4.42 Å². The lowest BCUT2D eigenvalue weighted by atomic mass is 9.84. The summed E-state index contributed by atoms with van der Waals surface area (Å²) in [7, 11) is 0. The van der Waals surface area contributed by atoms with Gasteiger partial charge in [-0.3, -0.25) is 0 Å². The van der Waals surface area contributed by atoms with Crippen molar-refractivity contribution in [1.82, 2.24) is 0 Å². The van der Waals surface area contributed by atoms with Gasteiger partial charge in [-0.05, 0) is 101 Å². The van der Waals surface area contributed by atoms with Crippen LogP contribution >= 0.6 is 0 Å². The zero-order chi connectivity index (χ0) is 40.5. The van der Waals surface area contributed by atoms with Crippen LogP contribution in [-0.2, 0) is 0 Å². The number of benzene rings is 9. The highest BCUT2D eigenvalue weighted by molar-refractivity contribution is 6.23. The maximum absolute atomic E-state index is 9.87. The number of hydrogen-bond donors (Lipinski definition) is 0. The van der Waals surface area contributed by atoms with E-state index in [1.807, 2.05) is 72.8 Å². The summed E-state index contributed by atoms with van der Waals surface area (Å²) in [5.74, 6) is 0. The van der Waals surface area contributed by atoms with Crippen molar-refractivity contribution in [3.8, 4) is 33.4 Å². The molecule has 0 aliphatic carbocycles. The minimum atomic E-state index is -0.657. The van der Waals surface area contributed by atoms with Gasteiger partial charge in [0.15, 0.2) is 0 Å². The lowest BCUT2D eigenvalue weighted by Gasteiger charge is -2.19. The normalized spacial score (nSPS) is 15.1. The Morgan fingerprint density at radius 2 is 1.02 bits per heavy atom. The van der Waals surface area contributed by atoms with Crippen molar-refractivity contribution >= 4 is 65.0 Å². The summed E-state index contributed by atoms with van der Waals surface area (Å²) in [6.45, 7) is 0. The second kappa shape index (κ2) is 10.2. The SMILES string of the molecule is [2H]c1c([2H])c([2H])c(-c2c([2H])c(-c3c4ccccc4c(-c4ccc5c(c4)oc4c6ccccc6ccc54)c4ccccc34)c([2H])c3c([2H])c([2H])c([2H])c([2H])c23)c([2H])c1[2H]. The Bertz CT molecular complexity index is 3390. The van der Waals surface area contributed by atoms with Crippen LogP contribution in [0.25, 0.3) is 98.4 Å². The van der Waals surface area contributed by atoms with Gasteiger partial charge in [0.2, 0.25) is 0 Å². The molecule has 0 fully saturated rings. The van der Waals surface area contributed by atoms with Crippen molar-refractivity contribution in [3.05, 3.63) is 170 Å². The van der Waals surface area contributed by atoms with Crippen LogP contribution in [0.5, 0.6) is 0 Å². The lowest BCUT2D eigenvalue weighted by molar-refractivity contribution is 0.673. The van der Waals surface area contributed by atoms with Crippen molar-refractivity contribution in [2.24, 2.45) is 0 Å². The monoisotopic (exact) mass is 607 g/mol. The van der Waals surface area contributed by atoms with E-state index in [4.69, 9.17) is 16.8 Å². The van der Waals surface area contributed by atoms with Gasteiger partial charge >= 0.3 is 0 Å². The van der Waals surface area contributed by atoms with Crippen LogP contribution in [0.1, 0.15) is 15.1 Å². The molecule has 0 aliphatic rings. The van der Waals surface area contributed by atoms with Gasteiger partial charge in [0, 0.05) is 16.2 Å². The van der Waals surface area contributed by atoms with Gasteiger partial charge in [-0.2, -0.15) is 0 Å². The van der Waals surface area contributed by atoms with E-state index in [-0.39, 0.29) is 33.5 Å². The highest BCUT2D eigenvalue weighted by atomic mass is 16.3. The molecule has 0 spiro atoms. The molecule has 0 N–H and O–H groups in total. The zero-order valence-corrected chi connectivity index (χ0v) is 24.7. The highest BCUT2D eigenvalue weighted by Crippen LogP contribution is 2.46. The van der Waals surface area contributed by atoms with Gasteiger partial charge in [-0.25, -0.2) is 0 Å². The molecule has 0 bridgehead atoms. The molecule has 1 aromatic heterocycles. The zero-order valence-electron chi connectivity index (χ0n) is 35.7. The average Bonchev–Trinajstić information content (AvgIpc) is 3.62. The standard InChI is InChI=1S/C46H28O/c1-2-12-29(13-3-1)42-27-33(26-31-15-5-6-16-34(31)42)45-39-20-10-8-18-37(39)44(38-19-9-11-21-40(38)45)32-23-24-36-41-25-22-30-14-4-7-17-35(30)46(41)47-43(36)28-32/h1-28H/i1D,2D,3D,5D,6D,12D,13D,15D,16D,26D,27D. The van der Waals surface area contributed by atoms with Crippen molar-refractivity contribution in [1.29, 1.82) is 0 Å². The van der Waals surface area contributed by atoms with Crippen LogP contribution in [0.2, 0.25) is 0 Å². The molecule has 0 amide bonds. The third-order valence-electron chi connectivity index (χ3n) is 9.02. The summed E-state index contributed by atoms with van der Waals surface area (Å²) in [5, 5.41) is 6.39. The summed E-state index contributed by atoms with van der Waals surface area (Å²) >= 11 is 0. The molecule has 0 unspecified atom stereocenters. The predicted molar refractivity (Wildman–Crippen MR) is 200 cm³/mol. The Balaban J connectivity index is 1.35. The number of hydrogen-bond acceptors (Lipinski definition) is 1. The van der Waals surface area contributed by atoms with Gasteiger partial charge in [0.1, 0.15) is 11.2 Å². The number of rotatable bonds is 3. The predicted octanol–water partition coefficient (Wildman–Crippen LogP) is 13.2. The summed E-state index contributed by atoms with van der Waals surface area (Å²) in [6, 6.07) is 27.2.